The van der Waals surface area contributed by atoms with E-state index in [-0.39, 0.29) is 5.91 Å². The molecule has 0 atom stereocenters. The fourth-order valence-corrected chi connectivity index (χ4v) is 2.18. The lowest BCUT2D eigenvalue weighted by atomic mass is 10.1. The highest BCUT2D eigenvalue weighted by Crippen LogP contribution is 2.21. The van der Waals surface area contributed by atoms with Crippen LogP contribution in [0.4, 0.5) is 5.69 Å². The zero-order valence-corrected chi connectivity index (χ0v) is 13.4. The van der Waals surface area contributed by atoms with Crippen molar-refractivity contribution in [3.63, 3.8) is 0 Å². The standard InChI is InChI=1S/C18H17N3O3/c1-3-16-20-21-18(24-16)12-7-9-14(10-8-12)19-17(22)13-5-4-6-15(11-13)23-2/h4-11H,3H2,1-2H3,(H,19,22). The number of hydrogen-bond donors (Lipinski definition) is 1. The maximum Gasteiger partial charge on any atom is 0.255 e. The van der Waals surface area contributed by atoms with Crippen molar-refractivity contribution in [2.24, 2.45) is 0 Å². The Kier molecular flexibility index (Phi) is 4.56. The van der Waals surface area contributed by atoms with Crippen LogP contribution in [0.1, 0.15) is 23.2 Å². The van der Waals surface area contributed by atoms with Crippen molar-refractivity contribution in [2.75, 3.05) is 12.4 Å². The van der Waals surface area contributed by atoms with E-state index in [4.69, 9.17) is 9.15 Å². The minimum atomic E-state index is -0.201. The van der Waals surface area contributed by atoms with E-state index in [1.54, 1.807) is 43.5 Å². The summed E-state index contributed by atoms with van der Waals surface area (Å²) in [7, 11) is 1.57. The summed E-state index contributed by atoms with van der Waals surface area (Å²) in [6.45, 7) is 1.95. The van der Waals surface area contributed by atoms with Crippen molar-refractivity contribution < 1.29 is 13.9 Å². The second-order valence-corrected chi connectivity index (χ2v) is 5.12. The molecule has 0 aliphatic heterocycles. The van der Waals surface area contributed by atoms with Gasteiger partial charge in [0.25, 0.3) is 5.91 Å². The number of carbonyl (C=O) groups is 1. The highest BCUT2D eigenvalue weighted by Gasteiger charge is 2.09. The van der Waals surface area contributed by atoms with Gasteiger partial charge in [-0.2, -0.15) is 0 Å². The molecule has 0 unspecified atom stereocenters. The quantitative estimate of drug-likeness (QED) is 0.777. The highest BCUT2D eigenvalue weighted by atomic mass is 16.5. The summed E-state index contributed by atoms with van der Waals surface area (Å²) in [5.74, 6) is 1.51. The molecule has 0 spiro atoms. The SMILES string of the molecule is CCc1nnc(-c2ccc(NC(=O)c3cccc(OC)c3)cc2)o1. The molecular weight excluding hydrogens is 306 g/mol. The van der Waals surface area contributed by atoms with Crippen molar-refractivity contribution in [1.29, 1.82) is 0 Å². The Balaban J connectivity index is 1.72. The molecule has 1 N–H and O–H groups in total. The number of benzene rings is 2. The number of hydrogen-bond acceptors (Lipinski definition) is 5. The Bertz CT molecular complexity index is 841. The van der Waals surface area contributed by atoms with Gasteiger partial charge in [0.15, 0.2) is 0 Å². The summed E-state index contributed by atoms with van der Waals surface area (Å²) in [5.41, 5.74) is 2.02. The molecule has 3 aromatic rings. The number of aryl methyl sites for hydroxylation is 1. The summed E-state index contributed by atoms with van der Waals surface area (Å²) >= 11 is 0. The van der Waals surface area contributed by atoms with Crippen molar-refractivity contribution in [2.45, 2.75) is 13.3 Å². The Morgan fingerprint density at radius 1 is 1.17 bits per heavy atom. The summed E-state index contributed by atoms with van der Waals surface area (Å²) in [5, 5.41) is 10.8. The van der Waals surface area contributed by atoms with Crippen molar-refractivity contribution in [3.05, 3.63) is 60.0 Å². The first-order valence-corrected chi connectivity index (χ1v) is 7.58. The van der Waals surface area contributed by atoms with Gasteiger partial charge >= 0.3 is 0 Å². The molecule has 2 aromatic carbocycles. The smallest absolute Gasteiger partial charge is 0.255 e. The van der Waals surface area contributed by atoms with Crippen LogP contribution in [-0.4, -0.2) is 23.2 Å². The van der Waals surface area contributed by atoms with E-state index in [0.717, 1.165) is 5.56 Å². The van der Waals surface area contributed by atoms with Crippen molar-refractivity contribution in [3.8, 4) is 17.2 Å². The number of nitrogens with one attached hydrogen (secondary N) is 1. The average Bonchev–Trinajstić information content (AvgIpc) is 3.11. The van der Waals surface area contributed by atoms with Gasteiger partial charge in [0, 0.05) is 23.2 Å². The molecule has 0 bridgehead atoms. The third-order valence-corrected chi connectivity index (χ3v) is 3.49. The predicted molar refractivity (Wildman–Crippen MR) is 90.1 cm³/mol. The lowest BCUT2D eigenvalue weighted by Gasteiger charge is -2.07. The number of amides is 1. The molecule has 24 heavy (non-hydrogen) atoms. The number of carbonyl (C=O) groups excluding carboxylic acids is 1. The summed E-state index contributed by atoms with van der Waals surface area (Å²) in [4.78, 5) is 12.3. The van der Waals surface area contributed by atoms with Crippen LogP contribution >= 0.6 is 0 Å². The van der Waals surface area contributed by atoms with Crippen LogP contribution in [0.3, 0.4) is 0 Å². The van der Waals surface area contributed by atoms with E-state index in [9.17, 15) is 4.79 Å². The summed E-state index contributed by atoms with van der Waals surface area (Å²) < 4.78 is 10.6. The Morgan fingerprint density at radius 2 is 1.96 bits per heavy atom. The van der Waals surface area contributed by atoms with E-state index in [1.807, 2.05) is 19.1 Å². The fourth-order valence-electron chi connectivity index (χ4n) is 2.18. The molecule has 6 nitrogen and oxygen atoms in total. The summed E-state index contributed by atoms with van der Waals surface area (Å²) in [6, 6.07) is 14.2. The minimum absolute atomic E-state index is 0.201. The first-order chi connectivity index (χ1) is 11.7. The molecule has 1 aromatic heterocycles. The third kappa shape index (κ3) is 3.43. The topological polar surface area (TPSA) is 77.2 Å². The van der Waals surface area contributed by atoms with E-state index >= 15 is 0 Å². The van der Waals surface area contributed by atoms with Gasteiger partial charge in [-0.15, -0.1) is 10.2 Å². The second kappa shape index (κ2) is 6.95. The number of ether oxygens (including phenoxy) is 1. The minimum Gasteiger partial charge on any atom is -0.497 e. The normalized spacial score (nSPS) is 10.4. The van der Waals surface area contributed by atoms with Gasteiger partial charge in [0.2, 0.25) is 11.8 Å². The lowest BCUT2D eigenvalue weighted by molar-refractivity contribution is 0.102. The monoisotopic (exact) mass is 323 g/mol. The molecule has 122 valence electrons. The number of rotatable bonds is 5. The first kappa shape index (κ1) is 15.7. The molecular formula is C18H17N3O3. The number of aromatic nitrogens is 2. The first-order valence-electron chi connectivity index (χ1n) is 7.58. The maximum absolute atomic E-state index is 12.3. The van der Waals surface area contributed by atoms with Gasteiger partial charge in [-0.1, -0.05) is 13.0 Å². The summed E-state index contributed by atoms with van der Waals surface area (Å²) in [6.07, 6.45) is 0.696. The van der Waals surface area contributed by atoms with Gasteiger partial charge in [-0.05, 0) is 42.5 Å². The molecule has 6 heteroatoms. The molecule has 3 rings (SSSR count). The maximum atomic E-state index is 12.3. The van der Waals surface area contributed by atoms with Crippen LogP contribution in [0.15, 0.2) is 52.9 Å². The van der Waals surface area contributed by atoms with Gasteiger partial charge in [-0.3, -0.25) is 4.79 Å². The van der Waals surface area contributed by atoms with Gasteiger partial charge in [0.1, 0.15) is 5.75 Å². The average molecular weight is 323 g/mol. The fraction of sp³-hybridized carbons (Fsp3) is 0.167. The van der Waals surface area contributed by atoms with Gasteiger partial charge in [-0.25, -0.2) is 0 Å². The highest BCUT2D eigenvalue weighted by molar-refractivity contribution is 6.04. The molecule has 1 amide bonds. The molecule has 0 aliphatic carbocycles. The number of anilines is 1. The molecule has 0 saturated carbocycles. The third-order valence-electron chi connectivity index (χ3n) is 3.49. The van der Waals surface area contributed by atoms with E-state index < -0.39 is 0 Å². The second-order valence-electron chi connectivity index (χ2n) is 5.12. The number of methoxy groups -OCH3 is 1. The molecule has 1 heterocycles. The van der Waals surface area contributed by atoms with Crippen LogP contribution in [0, 0.1) is 0 Å². The lowest BCUT2D eigenvalue weighted by Crippen LogP contribution is -2.11. The van der Waals surface area contributed by atoms with Crippen molar-refractivity contribution >= 4 is 11.6 Å². The zero-order chi connectivity index (χ0) is 16.9. The Morgan fingerprint density at radius 3 is 2.62 bits per heavy atom. The Labute approximate surface area is 139 Å². The Hall–Kier alpha value is -3.15. The molecule has 0 radical (unpaired) electrons. The van der Waals surface area contributed by atoms with Crippen LogP contribution in [-0.2, 0) is 6.42 Å². The van der Waals surface area contributed by atoms with Crippen LogP contribution in [0.2, 0.25) is 0 Å². The largest absolute Gasteiger partial charge is 0.497 e. The van der Waals surface area contributed by atoms with E-state index in [1.165, 1.54) is 0 Å². The van der Waals surface area contributed by atoms with E-state index in [0.29, 0.717) is 35.2 Å². The van der Waals surface area contributed by atoms with Crippen LogP contribution in [0.5, 0.6) is 5.75 Å². The van der Waals surface area contributed by atoms with Crippen molar-refractivity contribution in [1.82, 2.24) is 10.2 Å². The van der Waals surface area contributed by atoms with Crippen LogP contribution in [0.25, 0.3) is 11.5 Å². The predicted octanol–water partition coefficient (Wildman–Crippen LogP) is 3.56. The van der Waals surface area contributed by atoms with Gasteiger partial charge < -0.3 is 14.5 Å². The number of nitrogens with zero attached hydrogens (tertiary/aromatic N) is 2. The van der Waals surface area contributed by atoms with Gasteiger partial charge in [0.05, 0.1) is 7.11 Å². The molecule has 0 fully saturated rings. The van der Waals surface area contributed by atoms with Crippen LogP contribution < -0.4 is 10.1 Å². The zero-order valence-electron chi connectivity index (χ0n) is 13.4. The molecule has 0 aliphatic rings. The molecule has 0 saturated heterocycles. The van der Waals surface area contributed by atoms with E-state index in [2.05, 4.69) is 15.5 Å².